The minimum absolute atomic E-state index is 0. The summed E-state index contributed by atoms with van der Waals surface area (Å²) in [5, 5.41) is 34.9. The number of nitrogens with one attached hydrogen (secondary N) is 4. The van der Waals surface area contributed by atoms with Crippen molar-refractivity contribution < 1.29 is 29.8 Å². The first-order valence-corrected chi connectivity index (χ1v) is 10.6. The Morgan fingerprint density at radius 1 is 0.944 bits per heavy atom. The van der Waals surface area contributed by atoms with E-state index in [1.165, 1.54) is 24.5 Å². The normalized spacial score (nSPS) is 11.2. The number of hydroxylamine groups is 1. The summed E-state index contributed by atoms with van der Waals surface area (Å²) in [6, 6.07) is 11.9. The van der Waals surface area contributed by atoms with Gasteiger partial charge in [0, 0.05) is 28.9 Å². The zero-order valence-corrected chi connectivity index (χ0v) is 19.0. The molecule has 0 saturated carbocycles. The molecule has 0 fully saturated rings. The van der Waals surface area contributed by atoms with Crippen molar-refractivity contribution in [2.24, 2.45) is 0 Å². The number of hydrogen-bond donors (Lipinski definition) is 7. The van der Waals surface area contributed by atoms with Gasteiger partial charge in [0.15, 0.2) is 0 Å². The van der Waals surface area contributed by atoms with Gasteiger partial charge in [0.05, 0.1) is 19.3 Å². The zero-order chi connectivity index (χ0) is 25.6. The van der Waals surface area contributed by atoms with E-state index >= 15 is 0 Å². The molecule has 2 aromatic carbocycles. The van der Waals surface area contributed by atoms with E-state index in [0.717, 1.165) is 0 Å². The predicted octanol–water partition coefficient (Wildman–Crippen LogP) is 0.231. The van der Waals surface area contributed by atoms with Crippen LogP contribution in [0.5, 0.6) is 0 Å². The standard InChI is InChI=1S/C25H26N4O6.CH4/c1-17(31)23(25(34)29-35)28-24(33)20-10-6-18(7-11-20)4-2-3-5-19-8-12-21(13-9-19)27-22(32)16-26-14-15-30;/h6-13,17,23,26,30-31,35H,14-16H2,1H3,(H,27,32)(H,28,33)(H,29,34);1H4/t17-,23+;/m1./s1. The van der Waals surface area contributed by atoms with Gasteiger partial charge in [0.2, 0.25) is 5.91 Å². The zero-order valence-electron chi connectivity index (χ0n) is 19.0. The van der Waals surface area contributed by atoms with E-state index in [4.69, 9.17) is 10.3 Å². The van der Waals surface area contributed by atoms with Gasteiger partial charge in [0.25, 0.3) is 11.8 Å². The van der Waals surface area contributed by atoms with Crippen molar-refractivity contribution in [3.63, 3.8) is 0 Å². The molecular weight excluding hydrogens is 464 g/mol. The van der Waals surface area contributed by atoms with Crippen LogP contribution in [0.15, 0.2) is 48.5 Å². The molecule has 2 rings (SSSR count). The SMILES string of the molecule is C.C[C@@H](O)[C@H](NC(=O)c1ccc(C#CC#Cc2ccc(NC(=O)CNCCO)cc2)cc1)C(=O)NO. The van der Waals surface area contributed by atoms with Crippen LogP contribution in [0.25, 0.3) is 0 Å². The van der Waals surface area contributed by atoms with Crippen molar-refractivity contribution in [3.8, 4) is 23.7 Å². The Labute approximate surface area is 210 Å². The number of rotatable bonds is 9. The van der Waals surface area contributed by atoms with E-state index in [2.05, 4.69) is 39.6 Å². The van der Waals surface area contributed by atoms with Crippen LogP contribution in [0.4, 0.5) is 5.69 Å². The lowest BCUT2D eigenvalue weighted by atomic mass is 10.1. The third-order valence-electron chi connectivity index (χ3n) is 4.53. The van der Waals surface area contributed by atoms with E-state index < -0.39 is 24.0 Å². The second kappa shape index (κ2) is 15.7. The van der Waals surface area contributed by atoms with E-state index in [1.54, 1.807) is 36.4 Å². The summed E-state index contributed by atoms with van der Waals surface area (Å²) in [5.41, 5.74) is 3.59. The number of aliphatic hydroxyl groups excluding tert-OH is 2. The lowest BCUT2D eigenvalue weighted by Crippen LogP contribution is -2.51. The largest absolute Gasteiger partial charge is 0.395 e. The highest BCUT2D eigenvalue weighted by Crippen LogP contribution is 2.08. The average Bonchev–Trinajstić information content (AvgIpc) is 2.86. The number of aliphatic hydroxyl groups is 2. The maximum Gasteiger partial charge on any atom is 0.268 e. The Balaban J connectivity index is 0.00000648. The van der Waals surface area contributed by atoms with E-state index in [-0.39, 0.29) is 32.0 Å². The molecule has 0 aliphatic carbocycles. The lowest BCUT2D eigenvalue weighted by Gasteiger charge is -2.19. The van der Waals surface area contributed by atoms with Gasteiger partial charge < -0.3 is 26.2 Å². The molecule has 10 heteroatoms. The molecule has 10 nitrogen and oxygen atoms in total. The highest BCUT2D eigenvalue weighted by molar-refractivity contribution is 5.97. The quantitative estimate of drug-likeness (QED) is 0.114. The van der Waals surface area contributed by atoms with Gasteiger partial charge >= 0.3 is 0 Å². The monoisotopic (exact) mass is 494 g/mol. The Morgan fingerprint density at radius 2 is 1.50 bits per heavy atom. The number of anilines is 1. The van der Waals surface area contributed by atoms with Gasteiger partial charge in [-0.25, -0.2) is 5.48 Å². The third-order valence-corrected chi connectivity index (χ3v) is 4.53. The molecule has 7 N–H and O–H groups in total. The molecule has 0 bridgehead atoms. The first-order chi connectivity index (χ1) is 16.8. The summed E-state index contributed by atoms with van der Waals surface area (Å²) in [4.78, 5) is 35.5. The van der Waals surface area contributed by atoms with Crippen molar-refractivity contribution in [2.45, 2.75) is 26.5 Å². The fraction of sp³-hybridized carbons (Fsp3) is 0.269. The lowest BCUT2D eigenvalue weighted by molar-refractivity contribution is -0.133. The minimum Gasteiger partial charge on any atom is -0.395 e. The maximum atomic E-state index is 12.3. The predicted molar refractivity (Wildman–Crippen MR) is 135 cm³/mol. The first kappa shape index (κ1) is 29.8. The Kier molecular flexibility index (Phi) is 13.0. The van der Waals surface area contributed by atoms with E-state index in [9.17, 15) is 19.5 Å². The summed E-state index contributed by atoms with van der Waals surface area (Å²) in [6.45, 7) is 1.72. The summed E-state index contributed by atoms with van der Waals surface area (Å²) >= 11 is 0. The number of carbonyl (C=O) groups is 3. The molecule has 0 aliphatic heterocycles. The summed E-state index contributed by atoms with van der Waals surface area (Å²) in [5.74, 6) is 9.46. The second-order valence-corrected chi connectivity index (χ2v) is 7.27. The fourth-order valence-electron chi connectivity index (χ4n) is 2.73. The van der Waals surface area contributed by atoms with Crippen LogP contribution in [0, 0.1) is 23.7 Å². The third kappa shape index (κ3) is 9.97. The molecule has 0 aliphatic rings. The molecule has 3 amide bonds. The van der Waals surface area contributed by atoms with Gasteiger partial charge in [-0.05, 0) is 67.3 Å². The molecule has 0 spiro atoms. The number of hydrogen-bond acceptors (Lipinski definition) is 7. The van der Waals surface area contributed by atoms with Gasteiger partial charge in [-0.1, -0.05) is 19.3 Å². The van der Waals surface area contributed by atoms with Crippen LogP contribution in [-0.4, -0.2) is 65.0 Å². The van der Waals surface area contributed by atoms with Gasteiger partial charge in [-0.15, -0.1) is 0 Å². The second-order valence-electron chi connectivity index (χ2n) is 7.27. The molecule has 0 heterocycles. The van der Waals surface area contributed by atoms with Crippen LogP contribution >= 0.6 is 0 Å². The van der Waals surface area contributed by atoms with Crippen molar-refractivity contribution in [3.05, 3.63) is 65.2 Å². The van der Waals surface area contributed by atoms with E-state index in [0.29, 0.717) is 23.4 Å². The van der Waals surface area contributed by atoms with Crippen molar-refractivity contribution in [2.75, 3.05) is 25.0 Å². The van der Waals surface area contributed by atoms with Crippen molar-refractivity contribution in [1.29, 1.82) is 0 Å². The summed E-state index contributed by atoms with van der Waals surface area (Å²) in [7, 11) is 0. The number of benzene rings is 2. The Bertz CT molecular complexity index is 1140. The summed E-state index contributed by atoms with van der Waals surface area (Å²) in [6.07, 6.45) is -1.20. The Morgan fingerprint density at radius 3 is 2.00 bits per heavy atom. The van der Waals surface area contributed by atoms with Crippen molar-refractivity contribution in [1.82, 2.24) is 16.1 Å². The van der Waals surface area contributed by atoms with E-state index in [1.807, 2.05) is 0 Å². The summed E-state index contributed by atoms with van der Waals surface area (Å²) < 4.78 is 0. The highest BCUT2D eigenvalue weighted by Gasteiger charge is 2.25. The molecule has 0 radical (unpaired) electrons. The van der Waals surface area contributed by atoms with Crippen LogP contribution in [0.1, 0.15) is 35.8 Å². The molecule has 0 unspecified atom stereocenters. The molecule has 0 saturated heterocycles. The van der Waals surface area contributed by atoms with Gasteiger partial charge in [0.1, 0.15) is 6.04 Å². The van der Waals surface area contributed by atoms with Crippen LogP contribution in [0.2, 0.25) is 0 Å². The molecule has 2 atom stereocenters. The van der Waals surface area contributed by atoms with Gasteiger partial charge in [-0.3, -0.25) is 19.6 Å². The molecule has 0 aromatic heterocycles. The topological polar surface area (TPSA) is 160 Å². The molecule has 36 heavy (non-hydrogen) atoms. The Hall–Kier alpha value is -4.19. The molecule has 190 valence electrons. The smallest absolute Gasteiger partial charge is 0.268 e. The fourth-order valence-corrected chi connectivity index (χ4v) is 2.73. The average molecular weight is 495 g/mol. The van der Waals surface area contributed by atoms with Crippen LogP contribution in [0.3, 0.4) is 0 Å². The number of carbonyl (C=O) groups excluding carboxylic acids is 3. The van der Waals surface area contributed by atoms with Crippen molar-refractivity contribution >= 4 is 23.4 Å². The first-order valence-electron chi connectivity index (χ1n) is 10.6. The number of amides is 3. The van der Waals surface area contributed by atoms with Crippen LogP contribution < -0.4 is 21.4 Å². The molecule has 2 aromatic rings. The molecular formula is C26H30N4O6. The highest BCUT2D eigenvalue weighted by atomic mass is 16.5. The maximum absolute atomic E-state index is 12.3. The van der Waals surface area contributed by atoms with Gasteiger partial charge in [-0.2, -0.15) is 0 Å². The minimum atomic E-state index is -1.30. The van der Waals surface area contributed by atoms with Crippen LogP contribution in [-0.2, 0) is 9.59 Å².